The number of hydrogen-bond donors (Lipinski definition) is 0. The summed E-state index contributed by atoms with van der Waals surface area (Å²) in [5.74, 6) is -40.3. The van der Waals surface area contributed by atoms with Gasteiger partial charge in [0.05, 0.1) is 0 Å². The lowest BCUT2D eigenvalue weighted by molar-refractivity contribution is -0.396. The van der Waals surface area contributed by atoms with Gasteiger partial charge in [0.1, 0.15) is 0 Å². The molecule has 0 nitrogen and oxygen atoms in total. The first kappa shape index (κ1) is 34.2. The molecule has 0 aromatic rings. The van der Waals surface area contributed by atoms with E-state index in [-0.39, 0.29) is 0 Å². The summed E-state index contributed by atoms with van der Waals surface area (Å²) in [4.78, 5) is 0. The van der Waals surface area contributed by atoms with Crippen LogP contribution in [0.25, 0.3) is 0 Å². The zero-order chi connectivity index (χ0) is 28.0. The molecule has 0 rings (SSSR count). The Morgan fingerprint density at radius 1 is 0.382 bits per heavy atom. The molecule has 0 aliphatic carbocycles. The van der Waals surface area contributed by atoms with E-state index in [4.69, 9.17) is 0 Å². The van der Waals surface area contributed by atoms with Crippen LogP contribution in [0.5, 0.6) is 0 Å². The second-order valence-electron chi connectivity index (χ2n) is 6.88. The normalized spacial score (nSPS) is 17.6. The third-order valence-electron chi connectivity index (χ3n) is 4.17. The molecule has 0 amide bonds. The van der Waals surface area contributed by atoms with Crippen LogP contribution in [-0.2, 0) is 0 Å². The van der Waals surface area contributed by atoms with Crippen molar-refractivity contribution in [2.45, 2.75) is 81.4 Å². The van der Waals surface area contributed by atoms with Crippen LogP contribution in [0, 0.1) is 0 Å². The van der Waals surface area contributed by atoms with Gasteiger partial charge in [0, 0.05) is 20.7 Å². The Bertz CT molecular complexity index is 621. The maximum Gasteiger partial charge on any atom is 0.460 e. The molecule has 206 valence electrons. The van der Waals surface area contributed by atoms with E-state index in [1.54, 1.807) is 0 Å². The molecule has 0 aromatic heterocycles. The van der Waals surface area contributed by atoms with E-state index in [0.717, 1.165) is 45.2 Å². The molecule has 0 saturated carbocycles. The van der Waals surface area contributed by atoms with Crippen LogP contribution < -0.4 is 0 Å². The lowest BCUT2D eigenvalue weighted by Crippen LogP contribution is -2.61. The van der Waals surface area contributed by atoms with Crippen molar-refractivity contribution in [3.8, 4) is 0 Å². The van der Waals surface area contributed by atoms with Gasteiger partial charge in [0.15, 0.2) is 0 Å². The Morgan fingerprint density at radius 3 is 0.765 bits per heavy atom. The van der Waals surface area contributed by atoms with Crippen molar-refractivity contribution in [2.24, 2.45) is 0 Å². The van der Waals surface area contributed by atoms with Gasteiger partial charge in [-0.1, -0.05) is 45.2 Å². The fourth-order valence-corrected chi connectivity index (χ4v) is 4.02. The van der Waals surface area contributed by atoms with Crippen molar-refractivity contribution in [3.05, 3.63) is 0 Å². The lowest BCUT2D eigenvalue weighted by Gasteiger charge is -2.35. The number of rotatable bonds is 11. The van der Waals surface area contributed by atoms with Gasteiger partial charge in [0.2, 0.25) is 0 Å². The Balaban J connectivity index is 5.33. The van der Waals surface area contributed by atoms with E-state index >= 15 is 0 Å². The topological polar surface area (TPSA) is 0 Å². The molecule has 0 aliphatic heterocycles. The van der Waals surface area contributed by atoms with E-state index < -0.39 is 81.4 Å². The Kier molecular flexibility index (Phi) is 10.2. The summed E-state index contributed by atoms with van der Waals surface area (Å²) in [5.41, 5.74) is 0. The Hall–Kier alpha value is 0.200. The lowest BCUT2D eigenvalue weighted by atomic mass is 9.96. The van der Waals surface area contributed by atoms with Crippen LogP contribution in [0.2, 0.25) is 0 Å². The standard InChI is InChI=1S/C14H10F18I2/c15-7(16,9(19,20)11(23,24)13(27,28)29)3-5(33)1-2-6(34)4-8(17,18)10(21,22)12(25,26)14(30,31)32/h5-6H,1-4H2. The summed E-state index contributed by atoms with van der Waals surface area (Å²) in [6, 6.07) is 0. The van der Waals surface area contributed by atoms with E-state index in [0.29, 0.717) is 0 Å². The first-order valence-corrected chi connectivity index (χ1v) is 10.7. The molecule has 0 bridgehead atoms. The van der Waals surface area contributed by atoms with Gasteiger partial charge >= 0.3 is 47.9 Å². The van der Waals surface area contributed by atoms with Crippen molar-refractivity contribution < 1.29 is 79.0 Å². The Labute approximate surface area is 205 Å². The third-order valence-corrected chi connectivity index (χ3v) is 6.29. The Morgan fingerprint density at radius 2 is 0.588 bits per heavy atom. The SMILES string of the molecule is FC(F)(F)C(F)(F)C(F)(F)C(F)(F)CC(I)CCC(I)CC(F)(F)C(F)(F)C(F)(F)C(F)(F)F. The van der Waals surface area contributed by atoms with E-state index in [9.17, 15) is 79.0 Å². The average Bonchev–Trinajstić information content (AvgIpc) is 2.56. The largest absolute Gasteiger partial charge is 0.460 e. The zero-order valence-corrected chi connectivity index (χ0v) is 19.9. The van der Waals surface area contributed by atoms with Crippen molar-refractivity contribution in [3.63, 3.8) is 0 Å². The molecule has 2 atom stereocenters. The number of alkyl halides is 20. The molecular formula is C14H10F18I2. The van der Waals surface area contributed by atoms with Crippen LogP contribution in [-0.4, -0.2) is 55.7 Å². The fourth-order valence-electron chi connectivity index (χ4n) is 2.19. The second kappa shape index (κ2) is 10.2. The molecular weight excluding hydrogens is 764 g/mol. The summed E-state index contributed by atoms with van der Waals surface area (Å²) >= 11 is 1.64. The maximum absolute atomic E-state index is 13.5. The van der Waals surface area contributed by atoms with E-state index in [2.05, 4.69) is 0 Å². The van der Waals surface area contributed by atoms with Gasteiger partial charge in [-0.2, -0.15) is 79.0 Å². The third kappa shape index (κ3) is 6.55. The van der Waals surface area contributed by atoms with Crippen LogP contribution in [0.15, 0.2) is 0 Å². The highest BCUT2D eigenvalue weighted by atomic mass is 127. The predicted molar refractivity (Wildman–Crippen MR) is 95.9 cm³/mol. The molecule has 0 aliphatic rings. The zero-order valence-electron chi connectivity index (χ0n) is 15.5. The first-order valence-electron chi connectivity index (χ1n) is 8.18. The molecule has 0 fully saturated rings. The van der Waals surface area contributed by atoms with Crippen LogP contribution in [0.1, 0.15) is 25.7 Å². The molecule has 0 saturated heterocycles. The maximum atomic E-state index is 13.5. The van der Waals surface area contributed by atoms with Gasteiger partial charge in [-0.05, 0) is 12.8 Å². The molecule has 0 radical (unpaired) electrons. The minimum absolute atomic E-state index is 0.819. The second-order valence-corrected chi connectivity index (χ2v) is 10.4. The smallest absolute Gasteiger partial charge is 0.200 e. The van der Waals surface area contributed by atoms with Crippen molar-refractivity contribution >= 4 is 45.2 Å². The molecule has 2 unspecified atom stereocenters. The van der Waals surface area contributed by atoms with Gasteiger partial charge in [0.25, 0.3) is 0 Å². The van der Waals surface area contributed by atoms with Gasteiger partial charge in [-0.3, -0.25) is 0 Å². The molecule has 0 N–H and O–H groups in total. The van der Waals surface area contributed by atoms with Crippen molar-refractivity contribution in [1.29, 1.82) is 0 Å². The number of hydrogen-bond acceptors (Lipinski definition) is 0. The summed E-state index contributed by atoms with van der Waals surface area (Å²) < 4.78 is 226. The van der Waals surface area contributed by atoms with Crippen LogP contribution in [0.4, 0.5) is 79.0 Å². The highest BCUT2D eigenvalue weighted by molar-refractivity contribution is 14.1. The first-order chi connectivity index (χ1) is 14.5. The van der Waals surface area contributed by atoms with E-state index in [1.165, 1.54) is 0 Å². The van der Waals surface area contributed by atoms with Gasteiger partial charge in [-0.15, -0.1) is 0 Å². The van der Waals surface area contributed by atoms with Crippen molar-refractivity contribution in [1.82, 2.24) is 0 Å². The monoisotopic (exact) mass is 774 g/mol. The molecule has 0 aromatic carbocycles. The highest BCUT2D eigenvalue weighted by Crippen LogP contribution is 2.56. The van der Waals surface area contributed by atoms with Gasteiger partial charge < -0.3 is 0 Å². The summed E-state index contributed by atoms with van der Waals surface area (Å²) in [7, 11) is 0. The number of halogens is 20. The summed E-state index contributed by atoms with van der Waals surface area (Å²) in [5, 5.41) is 0. The molecule has 0 heterocycles. The van der Waals surface area contributed by atoms with Crippen molar-refractivity contribution in [2.75, 3.05) is 0 Å². The van der Waals surface area contributed by atoms with E-state index in [1.807, 2.05) is 0 Å². The van der Waals surface area contributed by atoms with Crippen LogP contribution in [0.3, 0.4) is 0 Å². The van der Waals surface area contributed by atoms with Gasteiger partial charge in [-0.25, -0.2) is 0 Å². The summed E-state index contributed by atoms with van der Waals surface area (Å²) in [6.07, 6.45) is -20.9. The summed E-state index contributed by atoms with van der Waals surface area (Å²) in [6.45, 7) is 0. The molecule has 34 heavy (non-hydrogen) atoms. The highest BCUT2D eigenvalue weighted by Gasteiger charge is 2.82. The predicted octanol–water partition coefficient (Wildman–Crippen LogP) is 9.09. The van der Waals surface area contributed by atoms with Crippen LogP contribution >= 0.6 is 45.2 Å². The minimum Gasteiger partial charge on any atom is -0.200 e. The quantitative estimate of drug-likeness (QED) is 0.112. The minimum atomic E-state index is -7.18. The fraction of sp³-hybridized carbons (Fsp3) is 1.00. The average molecular weight is 774 g/mol. The molecule has 20 heteroatoms. The molecule has 0 spiro atoms.